The topological polar surface area (TPSA) is 75.7 Å². The third kappa shape index (κ3) is 5.11. The molecule has 1 fully saturated rings. The molecule has 29 heavy (non-hydrogen) atoms. The van der Waals surface area contributed by atoms with Gasteiger partial charge in [0.1, 0.15) is 10.6 Å². The molecule has 158 valence electrons. The van der Waals surface area contributed by atoms with Crippen LogP contribution >= 0.6 is 11.3 Å². The lowest BCUT2D eigenvalue weighted by Crippen LogP contribution is -2.36. The van der Waals surface area contributed by atoms with Crippen molar-refractivity contribution in [3.05, 3.63) is 40.6 Å². The van der Waals surface area contributed by atoms with E-state index in [0.717, 1.165) is 25.7 Å². The summed E-state index contributed by atoms with van der Waals surface area (Å²) < 4.78 is 32.3. The van der Waals surface area contributed by atoms with Crippen LogP contribution in [0.2, 0.25) is 0 Å². The molecule has 1 aliphatic rings. The van der Waals surface area contributed by atoms with Crippen LogP contribution in [0.5, 0.6) is 5.75 Å². The minimum Gasteiger partial charge on any atom is -0.497 e. The lowest BCUT2D eigenvalue weighted by molar-refractivity contribution is 0.0935. The second-order valence-corrected chi connectivity index (χ2v) is 10.2. The van der Waals surface area contributed by atoms with Gasteiger partial charge in [-0.2, -0.15) is 0 Å². The molecule has 0 spiro atoms. The summed E-state index contributed by atoms with van der Waals surface area (Å²) in [7, 11) is -0.772. The van der Waals surface area contributed by atoms with Gasteiger partial charge in [0.2, 0.25) is 0 Å². The number of methoxy groups -OCH3 is 1. The summed E-state index contributed by atoms with van der Waals surface area (Å²) in [4.78, 5) is 13.5. The van der Waals surface area contributed by atoms with Crippen LogP contribution in [0.3, 0.4) is 0 Å². The van der Waals surface area contributed by atoms with Crippen molar-refractivity contribution in [2.24, 2.45) is 0 Å². The lowest BCUT2D eigenvalue weighted by atomic mass is 9.97. The zero-order valence-corrected chi connectivity index (χ0v) is 18.5. The van der Waals surface area contributed by atoms with Crippen molar-refractivity contribution in [2.75, 3.05) is 18.5 Å². The van der Waals surface area contributed by atoms with E-state index in [0.29, 0.717) is 16.3 Å². The fourth-order valence-corrected chi connectivity index (χ4v) is 5.70. The SMILES string of the molecule is COc1ccc(S(=O)(=O)N(C)c2ccsc2C(=O)NC2CCCCCCC2)cc1. The normalized spacial score (nSPS) is 15.9. The molecule has 1 N–H and O–H groups in total. The summed E-state index contributed by atoms with van der Waals surface area (Å²) in [5, 5.41) is 4.88. The predicted octanol–water partition coefficient (Wildman–Crippen LogP) is 4.42. The molecule has 1 aliphatic carbocycles. The zero-order chi connectivity index (χ0) is 20.9. The third-order valence-corrected chi connectivity index (χ3v) is 8.04. The Bertz CT molecular complexity index is 914. The van der Waals surface area contributed by atoms with E-state index in [1.807, 2.05) is 0 Å². The highest BCUT2D eigenvalue weighted by Crippen LogP contribution is 2.31. The fraction of sp³-hybridized carbons (Fsp3) is 0.476. The van der Waals surface area contributed by atoms with E-state index in [2.05, 4.69) is 5.32 Å². The number of rotatable bonds is 6. The summed E-state index contributed by atoms with van der Waals surface area (Å²) in [6, 6.07) is 8.06. The smallest absolute Gasteiger partial charge is 0.264 e. The largest absolute Gasteiger partial charge is 0.497 e. The van der Waals surface area contributed by atoms with Gasteiger partial charge in [-0.15, -0.1) is 11.3 Å². The monoisotopic (exact) mass is 436 g/mol. The average molecular weight is 437 g/mol. The standard InChI is InChI=1S/C21H28N2O4S2/c1-23(29(25,26)18-12-10-17(27-2)11-13-18)19-14-15-28-20(19)21(24)22-16-8-6-4-3-5-7-9-16/h10-16H,3-9H2,1-2H3,(H,22,24). The Balaban J connectivity index is 1.77. The van der Waals surface area contributed by atoms with Crippen molar-refractivity contribution in [3.63, 3.8) is 0 Å². The molecule has 0 radical (unpaired) electrons. The minimum absolute atomic E-state index is 0.151. The van der Waals surface area contributed by atoms with Crippen molar-refractivity contribution in [3.8, 4) is 5.75 Å². The first-order valence-electron chi connectivity index (χ1n) is 9.95. The van der Waals surface area contributed by atoms with Gasteiger partial charge in [0.05, 0.1) is 17.7 Å². The lowest BCUT2D eigenvalue weighted by Gasteiger charge is -2.23. The van der Waals surface area contributed by atoms with Gasteiger partial charge >= 0.3 is 0 Å². The molecule has 3 rings (SSSR count). The van der Waals surface area contributed by atoms with Gasteiger partial charge in [-0.05, 0) is 48.6 Å². The van der Waals surface area contributed by atoms with Crippen molar-refractivity contribution in [2.45, 2.75) is 55.9 Å². The van der Waals surface area contributed by atoms with Gasteiger partial charge in [0.25, 0.3) is 15.9 Å². The third-order valence-electron chi connectivity index (χ3n) is 5.35. The van der Waals surface area contributed by atoms with E-state index in [-0.39, 0.29) is 16.8 Å². The molecule has 1 heterocycles. The Kier molecular flexibility index (Phi) is 7.18. The van der Waals surface area contributed by atoms with Crippen LogP contribution in [0, 0.1) is 0 Å². The number of benzene rings is 1. The van der Waals surface area contributed by atoms with Crippen LogP contribution < -0.4 is 14.4 Å². The first kappa shape index (κ1) is 21.6. The zero-order valence-electron chi connectivity index (χ0n) is 16.9. The van der Waals surface area contributed by atoms with E-state index in [4.69, 9.17) is 4.74 Å². The first-order chi connectivity index (χ1) is 13.9. The molecular formula is C21H28N2O4S2. The highest BCUT2D eigenvalue weighted by molar-refractivity contribution is 7.92. The number of nitrogens with one attached hydrogen (secondary N) is 1. The first-order valence-corrected chi connectivity index (χ1v) is 12.3. The molecule has 1 aromatic heterocycles. The Morgan fingerprint density at radius 2 is 1.69 bits per heavy atom. The average Bonchev–Trinajstić information content (AvgIpc) is 3.19. The highest BCUT2D eigenvalue weighted by Gasteiger charge is 2.27. The molecule has 1 amide bonds. The summed E-state index contributed by atoms with van der Waals surface area (Å²) in [5.74, 6) is 0.388. The Labute approximate surface area is 176 Å². The van der Waals surface area contributed by atoms with Crippen molar-refractivity contribution in [1.29, 1.82) is 0 Å². The van der Waals surface area contributed by atoms with E-state index in [1.54, 1.807) is 23.6 Å². The van der Waals surface area contributed by atoms with Crippen LogP contribution in [-0.2, 0) is 10.0 Å². The predicted molar refractivity (Wildman–Crippen MR) is 116 cm³/mol. The number of amides is 1. The molecule has 0 bridgehead atoms. The van der Waals surface area contributed by atoms with Crippen molar-refractivity contribution in [1.82, 2.24) is 5.32 Å². The van der Waals surface area contributed by atoms with Gasteiger partial charge < -0.3 is 10.1 Å². The van der Waals surface area contributed by atoms with Crippen LogP contribution in [0.15, 0.2) is 40.6 Å². The van der Waals surface area contributed by atoms with Crippen LogP contribution in [-0.4, -0.2) is 34.5 Å². The number of sulfonamides is 1. The molecule has 0 unspecified atom stereocenters. The number of hydrogen-bond donors (Lipinski definition) is 1. The molecule has 1 saturated carbocycles. The molecule has 0 saturated heterocycles. The van der Waals surface area contributed by atoms with E-state index in [1.165, 1.54) is 61.2 Å². The molecule has 6 nitrogen and oxygen atoms in total. The number of hydrogen-bond acceptors (Lipinski definition) is 5. The minimum atomic E-state index is -3.78. The summed E-state index contributed by atoms with van der Waals surface area (Å²) in [6.45, 7) is 0. The Morgan fingerprint density at radius 1 is 1.07 bits per heavy atom. The number of carbonyl (C=O) groups excluding carboxylic acids is 1. The number of thiophene rings is 1. The number of ether oxygens (including phenoxy) is 1. The van der Waals surface area contributed by atoms with Crippen LogP contribution in [0.1, 0.15) is 54.6 Å². The fourth-order valence-electron chi connectivity index (χ4n) is 3.61. The second-order valence-electron chi connectivity index (χ2n) is 7.30. The number of anilines is 1. The van der Waals surface area contributed by atoms with Crippen LogP contribution in [0.4, 0.5) is 5.69 Å². The van der Waals surface area contributed by atoms with Crippen molar-refractivity contribution < 1.29 is 17.9 Å². The maximum Gasteiger partial charge on any atom is 0.264 e. The van der Waals surface area contributed by atoms with E-state index in [9.17, 15) is 13.2 Å². The molecule has 0 atom stereocenters. The summed E-state index contributed by atoms with van der Waals surface area (Å²) >= 11 is 1.26. The van der Waals surface area contributed by atoms with Gasteiger partial charge in [-0.1, -0.05) is 32.1 Å². The quantitative estimate of drug-likeness (QED) is 0.727. The molecule has 8 heteroatoms. The van der Waals surface area contributed by atoms with E-state index < -0.39 is 10.0 Å². The van der Waals surface area contributed by atoms with Crippen LogP contribution in [0.25, 0.3) is 0 Å². The molecule has 2 aromatic rings. The maximum absolute atomic E-state index is 13.0. The van der Waals surface area contributed by atoms with Gasteiger partial charge in [-0.3, -0.25) is 9.10 Å². The van der Waals surface area contributed by atoms with Crippen molar-refractivity contribution >= 4 is 33.0 Å². The van der Waals surface area contributed by atoms with Gasteiger partial charge in [-0.25, -0.2) is 8.42 Å². The maximum atomic E-state index is 13.0. The highest BCUT2D eigenvalue weighted by atomic mass is 32.2. The number of carbonyl (C=O) groups is 1. The summed E-state index contributed by atoms with van der Waals surface area (Å²) in [5.41, 5.74) is 0.397. The Morgan fingerprint density at radius 3 is 2.31 bits per heavy atom. The Hall–Kier alpha value is -2.06. The molecule has 1 aromatic carbocycles. The second kappa shape index (κ2) is 9.63. The van der Waals surface area contributed by atoms with E-state index >= 15 is 0 Å². The van der Waals surface area contributed by atoms with Gasteiger partial charge in [0, 0.05) is 13.1 Å². The van der Waals surface area contributed by atoms with Gasteiger partial charge in [0.15, 0.2) is 0 Å². The number of nitrogens with zero attached hydrogens (tertiary/aromatic N) is 1. The summed E-state index contributed by atoms with van der Waals surface area (Å²) in [6.07, 6.45) is 7.88. The molecule has 0 aliphatic heterocycles. The molecular weight excluding hydrogens is 408 g/mol.